The number of rotatable bonds is 6. The molecule has 0 aliphatic rings. The third-order valence-electron chi connectivity index (χ3n) is 4.08. The Morgan fingerprint density at radius 1 is 1.03 bits per heavy atom. The van der Waals surface area contributed by atoms with Gasteiger partial charge in [0.2, 0.25) is 0 Å². The molecule has 0 aliphatic carbocycles. The van der Waals surface area contributed by atoms with Crippen LogP contribution in [0.25, 0.3) is 0 Å². The highest BCUT2D eigenvalue weighted by molar-refractivity contribution is 7.87. The normalized spacial score (nSPS) is 11.0. The van der Waals surface area contributed by atoms with Crippen molar-refractivity contribution in [3.8, 4) is 5.75 Å². The topological polar surface area (TPSA) is 116 Å². The number of nitro groups is 1. The van der Waals surface area contributed by atoms with Crippen LogP contribution in [0.5, 0.6) is 5.75 Å². The summed E-state index contributed by atoms with van der Waals surface area (Å²) < 4.78 is 43.0. The van der Waals surface area contributed by atoms with Crippen LogP contribution < -0.4 is 9.50 Å². The molecule has 3 aromatic rings. The maximum absolute atomic E-state index is 12.9. The Balaban J connectivity index is 1.76. The molecule has 0 unspecified atom stereocenters. The van der Waals surface area contributed by atoms with Gasteiger partial charge in [-0.1, -0.05) is 6.07 Å². The molecular weight excluding hydrogens is 415 g/mol. The monoisotopic (exact) mass is 430 g/mol. The molecule has 1 amide bonds. The Bertz CT molecular complexity index is 1210. The van der Waals surface area contributed by atoms with E-state index in [1.165, 1.54) is 67.6 Å². The highest BCUT2D eigenvalue weighted by Crippen LogP contribution is 2.25. The standard InChI is InChI=1S/C20H15FN2O6S/c1-13-2-9-17(23(25)26)12-19(13)30(27,28)29-18-10-3-14(4-11-18)20(24)22-16-7-5-15(21)6-8-16/h2-12H,1H3,(H,22,24). The summed E-state index contributed by atoms with van der Waals surface area (Å²) in [6.45, 7) is 1.49. The number of amides is 1. The molecule has 8 nitrogen and oxygen atoms in total. The number of nitrogens with one attached hydrogen (secondary N) is 1. The SMILES string of the molecule is Cc1ccc([N+](=O)[O-])cc1S(=O)(=O)Oc1ccc(C(=O)Nc2ccc(F)cc2)cc1. The van der Waals surface area contributed by atoms with Gasteiger partial charge in [-0.2, -0.15) is 8.42 Å². The van der Waals surface area contributed by atoms with Crippen LogP contribution in [0.2, 0.25) is 0 Å². The number of benzene rings is 3. The number of nitro benzene ring substituents is 1. The summed E-state index contributed by atoms with van der Waals surface area (Å²) >= 11 is 0. The second-order valence-electron chi connectivity index (χ2n) is 6.23. The number of nitrogens with zero attached hydrogens (tertiary/aromatic N) is 1. The molecule has 0 fully saturated rings. The number of aryl methyl sites for hydroxylation is 1. The summed E-state index contributed by atoms with van der Waals surface area (Å²) in [5, 5.41) is 13.5. The zero-order chi connectivity index (χ0) is 21.9. The molecule has 0 saturated heterocycles. The van der Waals surface area contributed by atoms with Crippen LogP contribution in [0.4, 0.5) is 15.8 Å². The number of hydrogen-bond donors (Lipinski definition) is 1. The van der Waals surface area contributed by atoms with Crippen LogP contribution in [-0.4, -0.2) is 19.2 Å². The Kier molecular flexibility index (Phi) is 5.79. The average Bonchev–Trinajstić information content (AvgIpc) is 2.70. The largest absolute Gasteiger partial charge is 0.379 e. The van der Waals surface area contributed by atoms with Crippen molar-refractivity contribution in [3.05, 3.63) is 93.8 Å². The summed E-state index contributed by atoms with van der Waals surface area (Å²) in [4.78, 5) is 22.1. The van der Waals surface area contributed by atoms with Gasteiger partial charge in [-0.05, 0) is 61.0 Å². The van der Waals surface area contributed by atoms with Crippen molar-refractivity contribution in [2.75, 3.05) is 5.32 Å². The average molecular weight is 430 g/mol. The molecule has 0 atom stereocenters. The van der Waals surface area contributed by atoms with Crippen molar-refractivity contribution in [2.45, 2.75) is 11.8 Å². The van der Waals surface area contributed by atoms with Crippen molar-refractivity contribution in [1.82, 2.24) is 0 Å². The van der Waals surface area contributed by atoms with E-state index in [2.05, 4.69) is 5.32 Å². The van der Waals surface area contributed by atoms with Gasteiger partial charge < -0.3 is 9.50 Å². The van der Waals surface area contributed by atoms with Gasteiger partial charge in [0.05, 0.1) is 4.92 Å². The lowest BCUT2D eigenvalue weighted by molar-refractivity contribution is -0.385. The Morgan fingerprint density at radius 3 is 2.27 bits per heavy atom. The quantitative estimate of drug-likeness (QED) is 0.358. The van der Waals surface area contributed by atoms with Crippen molar-refractivity contribution >= 4 is 27.4 Å². The summed E-state index contributed by atoms with van der Waals surface area (Å²) in [5.74, 6) is -0.987. The lowest BCUT2D eigenvalue weighted by Crippen LogP contribution is -2.13. The lowest BCUT2D eigenvalue weighted by atomic mass is 10.2. The Morgan fingerprint density at radius 2 is 1.67 bits per heavy atom. The molecule has 0 radical (unpaired) electrons. The van der Waals surface area contributed by atoms with Gasteiger partial charge in [0.1, 0.15) is 16.5 Å². The van der Waals surface area contributed by atoms with Gasteiger partial charge in [0.15, 0.2) is 0 Å². The van der Waals surface area contributed by atoms with E-state index in [0.29, 0.717) is 5.69 Å². The highest BCUT2D eigenvalue weighted by atomic mass is 32.2. The maximum Gasteiger partial charge on any atom is 0.339 e. The fourth-order valence-corrected chi connectivity index (χ4v) is 3.72. The molecular formula is C20H15FN2O6S. The fraction of sp³-hybridized carbons (Fsp3) is 0.0500. The van der Waals surface area contributed by atoms with E-state index in [1.807, 2.05) is 0 Å². The molecule has 0 heterocycles. The van der Waals surface area contributed by atoms with Gasteiger partial charge >= 0.3 is 10.1 Å². The van der Waals surface area contributed by atoms with Gasteiger partial charge in [-0.15, -0.1) is 0 Å². The zero-order valence-corrected chi connectivity index (χ0v) is 16.4. The molecule has 3 rings (SSSR count). The molecule has 154 valence electrons. The van der Waals surface area contributed by atoms with Crippen LogP contribution in [-0.2, 0) is 10.1 Å². The van der Waals surface area contributed by atoms with Crippen molar-refractivity contribution < 1.29 is 26.7 Å². The third-order valence-corrected chi connectivity index (χ3v) is 5.47. The smallest absolute Gasteiger partial charge is 0.339 e. The molecule has 10 heteroatoms. The number of hydrogen-bond acceptors (Lipinski definition) is 6. The number of halogens is 1. The van der Waals surface area contributed by atoms with E-state index >= 15 is 0 Å². The van der Waals surface area contributed by atoms with E-state index in [9.17, 15) is 27.7 Å². The minimum absolute atomic E-state index is 0.0701. The lowest BCUT2D eigenvalue weighted by Gasteiger charge is -2.10. The summed E-state index contributed by atoms with van der Waals surface area (Å²) in [6, 6.07) is 13.9. The van der Waals surface area contributed by atoms with Gasteiger partial charge in [-0.3, -0.25) is 14.9 Å². The molecule has 1 N–H and O–H groups in total. The van der Waals surface area contributed by atoms with E-state index in [1.54, 1.807) is 0 Å². The first-order valence-electron chi connectivity index (χ1n) is 8.52. The van der Waals surface area contributed by atoms with E-state index in [0.717, 1.165) is 6.07 Å². The first kappa shape index (κ1) is 20.9. The molecule has 30 heavy (non-hydrogen) atoms. The fourth-order valence-electron chi connectivity index (χ4n) is 2.54. The number of anilines is 1. The number of non-ortho nitro benzene ring substituents is 1. The third kappa shape index (κ3) is 4.78. The Hall–Kier alpha value is -3.79. The van der Waals surface area contributed by atoms with Crippen LogP contribution in [0.15, 0.2) is 71.6 Å². The van der Waals surface area contributed by atoms with E-state index in [-0.39, 0.29) is 27.5 Å². The van der Waals surface area contributed by atoms with Crippen molar-refractivity contribution in [1.29, 1.82) is 0 Å². The molecule has 0 aromatic heterocycles. The summed E-state index contributed by atoms with van der Waals surface area (Å²) in [7, 11) is -4.33. The second-order valence-corrected chi connectivity index (χ2v) is 7.74. The molecule has 0 aliphatic heterocycles. The van der Waals surface area contributed by atoms with Gasteiger partial charge in [0.25, 0.3) is 11.6 Å². The highest BCUT2D eigenvalue weighted by Gasteiger charge is 2.23. The van der Waals surface area contributed by atoms with Gasteiger partial charge in [-0.25, -0.2) is 4.39 Å². The van der Waals surface area contributed by atoms with Crippen LogP contribution in [0.3, 0.4) is 0 Å². The van der Waals surface area contributed by atoms with Crippen LogP contribution in [0.1, 0.15) is 15.9 Å². The summed E-state index contributed by atoms with van der Waals surface area (Å²) in [5.41, 5.74) is 0.521. The second kappa shape index (κ2) is 8.29. The predicted octanol–water partition coefficient (Wildman–Crippen LogP) is 4.06. The number of carbonyl (C=O) groups is 1. The van der Waals surface area contributed by atoms with Crippen LogP contribution >= 0.6 is 0 Å². The maximum atomic E-state index is 12.9. The van der Waals surface area contributed by atoms with Crippen molar-refractivity contribution in [2.24, 2.45) is 0 Å². The summed E-state index contributed by atoms with van der Waals surface area (Å²) in [6.07, 6.45) is 0. The molecule has 0 saturated carbocycles. The molecule has 0 bridgehead atoms. The zero-order valence-electron chi connectivity index (χ0n) is 15.5. The van der Waals surface area contributed by atoms with E-state index < -0.39 is 26.8 Å². The predicted molar refractivity (Wildman–Crippen MR) is 106 cm³/mol. The van der Waals surface area contributed by atoms with Crippen molar-refractivity contribution in [3.63, 3.8) is 0 Å². The van der Waals surface area contributed by atoms with Gasteiger partial charge in [0, 0.05) is 23.4 Å². The molecule has 0 spiro atoms. The molecule has 3 aromatic carbocycles. The first-order chi connectivity index (χ1) is 14.2. The van der Waals surface area contributed by atoms with E-state index in [4.69, 9.17) is 4.18 Å². The minimum atomic E-state index is -4.33. The number of carbonyl (C=O) groups excluding carboxylic acids is 1. The minimum Gasteiger partial charge on any atom is -0.379 e. The van der Waals surface area contributed by atoms with Crippen LogP contribution in [0, 0.1) is 22.9 Å². The first-order valence-corrected chi connectivity index (χ1v) is 9.93. The Labute approximate surface area is 171 Å².